The summed E-state index contributed by atoms with van der Waals surface area (Å²) in [7, 11) is 1.47. The Bertz CT molecular complexity index is 1400. The van der Waals surface area contributed by atoms with Crippen molar-refractivity contribution in [1.29, 1.82) is 0 Å². The van der Waals surface area contributed by atoms with Gasteiger partial charge in [-0.3, -0.25) is 19.3 Å². The Morgan fingerprint density at radius 1 is 1.14 bits per heavy atom. The smallest absolute Gasteiger partial charge is 0.293 e. The maximum absolute atomic E-state index is 12.9. The van der Waals surface area contributed by atoms with E-state index in [1.807, 2.05) is 43.3 Å². The summed E-state index contributed by atoms with van der Waals surface area (Å²) < 4.78 is 11.7. The summed E-state index contributed by atoms with van der Waals surface area (Å²) in [5.41, 5.74) is 2.96. The molecule has 0 saturated carbocycles. The van der Waals surface area contributed by atoms with E-state index in [0.717, 1.165) is 22.9 Å². The first-order chi connectivity index (χ1) is 17.7. The predicted octanol–water partition coefficient (Wildman–Crippen LogP) is 6.67. The molecule has 190 valence electrons. The molecular formula is C27H22BrClN2O5S. The Balaban J connectivity index is 1.46. The van der Waals surface area contributed by atoms with E-state index in [-0.39, 0.29) is 30.2 Å². The van der Waals surface area contributed by atoms with Gasteiger partial charge in [0.15, 0.2) is 18.1 Å². The van der Waals surface area contributed by atoms with Gasteiger partial charge >= 0.3 is 0 Å². The van der Waals surface area contributed by atoms with Gasteiger partial charge in [-0.25, -0.2) is 0 Å². The second kappa shape index (κ2) is 11.9. The summed E-state index contributed by atoms with van der Waals surface area (Å²) >= 11 is 10.5. The number of aryl methyl sites for hydroxylation is 1. The molecule has 3 aromatic carbocycles. The zero-order valence-corrected chi connectivity index (χ0v) is 23.1. The summed E-state index contributed by atoms with van der Waals surface area (Å²) in [4.78, 5) is 39.3. The molecule has 4 rings (SSSR count). The molecule has 0 aliphatic carbocycles. The van der Waals surface area contributed by atoms with Crippen molar-refractivity contribution in [2.75, 3.05) is 19.0 Å². The van der Waals surface area contributed by atoms with Crippen molar-refractivity contribution in [3.05, 3.63) is 91.8 Å². The van der Waals surface area contributed by atoms with E-state index < -0.39 is 0 Å². The Hall–Kier alpha value is -3.27. The molecule has 1 N–H and O–H groups in total. The third-order valence-corrected chi connectivity index (χ3v) is 7.31. The average Bonchev–Trinajstić information content (AvgIpc) is 3.13. The number of hydrogen-bond acceptors (Lipinski definition) is 6. The van der Waals surface area contributed by atoms with Crippen LogP contribution in [0, 0.1) is 6.92 Å². The number of benzene rings is 3. The number of thioether (sulfide) groups is 1. The number of nitrogens with one attached hydrogen (secondary N) is 1. The lowest BCUT2D eigenvalue weighted by Gasteiger charge is -2.14. The van der Waals surface area contributed by atoms with Crippen molar-refractivity contribution in [2.45, 2.75) is 13.5 Å². The van der Waals surface area contributed by atoms with Gasteiger partial charge in [0.05, 0.1) is 23.0 Å². The Labute approximate surface area is 231 Å². The highest BCUT2D eigenvalue weighted by Crippen LogP contribution is 2.39. The van der Waals surface area contributed by atoms with Gasteiger partial charge in [0, 0.05) is 10.7 Å². The minimum absolute atomic E-state index is 0.208. The molecule has 0 spiro atoms. The van der Waals surface area contributed by atoms with Gasteiger partial charge in [-0.2, -0.15) is 0 Å². The number of nitrogens with zero attached hydrogens (tertiary/aromatic N) is 1. The monoisotopic (exact) mass is 600 g/mol. The van der Waals surface area contributed by atoms with Gasteiger partial charge < -0.3 is 14.8 Å². The number of rotatable bonds is 8. The van der Waals surface area contributed by atoms with Crippen LogP contribution in [0.2, 0.25) is 5.02 Å². The van der Waals surface area contributed by atoms with E-state index in [1.54, 1.807) is 30.3 Å². The molecule has 0 radical (unpaired) electrons. The zero-order valence-electron chi connectivity index (χ0n) is 19.9. The molecule has 10 heteroatoms. The van der Waals surface area contributed by atoms with Crippen molar-refractivity contribution in [2.24, 2.45) is 0 Å². The SMILES string of the molecule is COc1cc(/C=C2\SC(=O)N(Cc3ccccc3)C2=O)cc(Br)c1OCC(=O)Nc1ccc(C)c(Cl)c1. The normalized spacial score (nSPS) is 14.3. The fourth-order valence-corrected chi connectivity index (χ4v) is 5.12. The lowest BCUT2D eigenvalue weighted by molar-refractivity contribution is -0.123. The van der Waals surface area contributed by atoms with Crippen LogP contribution in [-0.4, -0.2) is 35.7 Å². The molecule has 0 unspecified atom stereocenters. The van der Waals surface area contributed by atoms with Crippen molar-refractivity contribution in [1.82, 2.24) is 4.90 Å². The van der Waals surface area contributed by atoms with Crippen LogP contribution in [0.3, 0.4) is 0 Å². The number of methoxy groups -OCH3 is 1. The highest BCUT2D eigenvalue weighted by molar-refractivity contribution is 9.10. The number of halogens is 2. The van der Waals surface area contributed by atoms with Crippen LogP contribution in [0.4, 0.5) is 10.5 Å². The Morgan fingerprint density at radius 3 is 2.59 bits per heavy atom. The maximum Gasteiger partial charge on any atom is 0.293 e. The third kappa shape index (κ3) is 6.54. The van der Waals surface area contributed by atoms with E-state index >= 15 is 0 Å². The second-order valence-electron chi connectivity index (χ2n) is 8.09. The van der Waals surface area contributed by atoms with Gasteiger partial charge in [-0.15, -0.1) is 0 Å². The number of ether oxygens (including phenoxy) is 2. The van der Waals surface area contributed by atoms with Crippen LogP contribution < -0.4 is 14.8 Å². The fourth-order valence-electron chi connectivity index (χ4n) is 3.52. The van der Waals surface area contributed by atoms with Crippen LogP contribution in [0.25, 0.3) is 6.08 Å². The van der Waals surface area contributed by atoms with Gasteiger partial charge in [0.25, 0.3) is 17.1 Å². The van der Waals surface area contributed by atoms with Crippen LogP contribution in [0.15, 0.2) is 70.0 Å². The van der Waals surface area contributed by atoms with E-state index in [1.165, 1.54) is 12.0 Å². The van der Waals surface area contributed by atoms with Gasteiger partial charge in [-0.1, -0.05) is 48.0 Å². The fraction of sp³-hybridized carbons (Fsp3) is 0.148. The third-order valence-electron chi connectivity index (χ3n) is 5.41. The first-order valence-electron chi connectivity index (χ1n) is 11.1. The average molecular weight is 602 g/mol. The van der Waals surface area contributed by atoms with Crippen molar-refractivity contribution >= 4 is 68.1 Å². The minimum atomic E-state index is -0.370. The largest absolute Gasteiger partial charge is 0.493 e. The number of hydrogen-bond donors (Lipinski definition) is 1. The van der Waals surface area contributed by atoms with Crippen molar-refractivity contribution < 1.29 is 23.9 Å². The van der Waals surface area contributed by atoms with E-state index in [0.29, 0.717) is 37.2 Å². The Kier molecular flexibility index (Phi) is 8.58. The molecule has 1 heterocycles. The molecule has 0 atom stereocenters. The highest BCUT2D eigenvalue weighted by atomic mass is 79.9. The number of carbonyl (C=O) groups is 3. The summed E-state index contributed by atoms with van der Waals surface area (Å²) in [6.45, 7) is 1.82. The molecule has 0 bridgehead atoms. The van der Waals surface area contributed by atoms with Gasteiger partial charge in [0.1, 0.15) is 0 Å². The number of imide groups is 1. The molecule has 3 aromatic rings. The zero-order chi connectivity index (χ0) is 26.5. The predicted molar refractivity (Wildman–Crippen MR) is 149 cm³/mol. The molecular weight excluding hydrogens is 580 g/mol. The first kappa shape index (κ1) is 26.8. The molecule has 1 fully saturated rings. The van der Waals surface area contributed by atoms with E-state index in [4.69, 9.17) is 21.1 Å². The molecule has 37 heavy (non-hydrogen) atoms. The standard InChI is InChI=1S/C27H22BrClN2O5S/c1-16-8-9-19(13-21(16)29)30-24(32)15-36-25-20(28)10-18(11-22(25)35-2)12-23-26(33)31(27(34)37-23)14-17-6-4-3-5-7-17/h3-13H,14-15H2,1-2H3,(H,30,32)/b23-12-. The molecule has 1 aliphatic rings. The molecule has 1 aliphatic heterocycles. The number of carbonyl (C=O) groups excluding carboxylic acids is 3. The first-order valence-corrected chi connectivity index (χ1v) is 13.1. The highest BCUT2D eigenvalue weighted by Gasteiger charge is 2.35. The van der Waals surface area contributed by atoms with Crippen molar-refractivity contribution in [3.8, 4) is 11.5 Å². The minimum Gasteiger partial charge on any atom is -0.493 e. The van der Waals surface area contributed by atoms with Crippen molar-refractivity contribution in [3.63, 3.8) is 0 Å². The lowest BCUT2D eigenvalue weighted by atomic mass is 10.1. The topological polar surface area (TPSA) is 84.9 Å². The molecule has 0 aromatic heterocycles. The molecule has 3 amide bonds. The van der Waals surface area contributed by atoms with Gasteiger partial charge in [0.2, 0.25) is 0 Å². The summed E-state index contributed by atoms with van der Waals surface area (Å²) in [5, 5.41) is 2.96. The van der Waals surface area contributed by atoms with Crippen LogP contribution in [-0.2, 0) is 16.1 Å². The maximum atomic E-state index is 12.9. The Morgan fingerprint density at radius 2 is 1.89 bits per heavy atom. The van der Waals surface area contributed by atoms with Gasteiger partial charge in [-0.05, 0) is 81.6 Å². The summed E-state index contributed by atoms with van der Waals surface area (Å²) in [6, 6.07) is 18.0. The second-order valence-corrected chi connectivity index (χ2v) is 10.3. The number of anilines is 1. The lowest BCUT2D eigenvalue weighted by Crippen LogP contribution is -2.27. The van der Waals surface area contributed by atoms with E-state index in [2.05, 4.69) is 21.2 Å². The summed E-state index contributed by atoms with van der Waals surface area (Å²) in [5.74, 6) is -0.0450. The molecule has 7 nitrogen and oxygen atoms in total. The van der Waals surface area contributed by atoms with Crippen LogP contribution >= 0.6 is 39.3 Å². The quantitative estimate of drug-likeness (QED) is 0.290. The van der Waals surface area contributed by atoms with Crippen LogP contribution in [0.1, 0.15) is 16.7 Å². The van der Waals surface area contributed by atoms with E-state index in [9.17, 15) is 14.4 Å². The molecule has 1 saturated heterocycles. The number of amides is 3. The van der Waals surface area contributed by atoms with Crippen LogP contribution in [0.5, 0.6) is 11.5 Å². The summed E-state index contributed by atoms with van der Waals surface area (Å²) in [6.07, 6.45) is 1.63.